The van der Waals surface area contributed by atoms with E-state index in [0.29, 0.717) is 12.7 Å². The topological polar surface area (TPSA) is 27.1 Å². The van der Waals surface area contributed by atoms with Crippen molar-refractivity contribution in [2.24, 2.45) is 7.05 Å². The van der Waals surface area contributed by atoms with Crippen molar-refractivity contribution in [3.63, 3.8) is 0 Å². The summed E-state index contributed by atoms with van der Waals surface area (Å²) in [6, 6.07) is 0. The zero-order valence-corrected chi connectivity index (χ0v) is 8.50. The second kappa shape index (κ2) is 3.14. The van der Waals surface area contributed by atoms with Crippen molar-refractivity contribution in [2.45, 2.75) is 39.4 Å². The monoisotopic (exact) mass is 180 g/mol. The van der Waals surface area contributed by atoms with Gasteiger partial charge in [-0.1, -0.05) is 0 Å². The predicted molar refractivity (Wildman–Crippen MR) is 50.5 cm³/mol. The first-order valence-corrected chi connectivity index (χ1v) is 4.79. The van der Waals surface area contributed by atoms with Crippen LogP contribution >= 0.6 is 0 Å². The zero-order valence-electron chi connectivity index (χ0n) is 8.50. The second-order valence-electron chi connectivity index (χ2n) is 3.79. The van der Waals surface area contributed by atoms with Gasteiger partial charge in [-0.05, 0) is 32.3 Å². The molecule has 0 aliphatic heterocycles. The minimum absolute atomic E-state index is 0.515. The fraction of sp³-hybridized carbons (Fsp3) is 0.700. The lowest BCUT2D eigenvalue weighted by atomic mass is 10.2. The van der Waals surface area contributed by atoms with Crippen molar-refractivity contribution in [1.82, 2.24) is 9.78 Å². The van der Waals surface area contributed by atoms with Gasteiger partial charge in [0.15, 0.2) is 0 Å². The van der Waals surface area contributed by atoms with E-state index in [2.05, 4.69) is 18.9 Å². The van der Waals surface area contributed by atoms with Crippen molar-refractivity contribution in [3.8, 4) is 0 Å². The van der Waals surface area contributed by atoms with Crippen LogP contribution in [0.4, 0.5) is 0 Å². The second-order valence-corrected chi connectivity index (χ2v) is 3.79. The Labute approximate surface area is 78.7 Å². The Morgan fingerprint density at radius 1 is 1.46 bits per heavy atom. The van der Waals surface area contributed by atoms with E-state index >= 15 is 0 Å². The number of hydrogen-bond acceptors (Lipinski definition) is 2. The molecule has 3 heteroatoms. The molecule has 0 aromatic carbocycles. The Bertz CT molecular complexity index is 313. The molecule has 2 rings (SSSR count). The summed E-state index contributed by atoms with van der Waals surface area (Å²) in [5.74, 6) is 0. The van der Waals surface area contributed by atoms with Gasteiger partial charge in [-0.15, -0.1) is 0 Å². The molecule has 1 aliphatic carbocycles. The molecule has 0 N–H and O–H groups in total. The third-order valence-corrected chi connectivity index (χ3v) is 2.71. The molecule has 13 heavy (non-hydrogen) atoms. The van der Waals surface area contributed by atoms with E-state index < -0.39 is 0 Å². The lowest BCUT2D eigenvalue weighted by Gasteiger charge is -1.98. The molecule has 0 radical (unpaired) electrons. The Hall–Kier alpha value is -0.830. The van der Waals surface area contributed by atoms with E-state index in [-0.39, 0.29) is 0 Å². The minimum atomic E-state index is 0.515. The fourth-order valence-corrected chi connectivity index (χ4v) is 1.35. The van der Waals surface area contributed by atoms with Crippen LogP contribution in [-0.2, 0) is 18.4 Å². The maximum absolute atomic E-state index is 5.61. The molecule has 0 amide bonds. The van der Waals surface area contributed by atoms with Gasteiger partial charge in [0, 0.05) is 12.7 Å². The third kappa shape index (κ3) is 1.75. The molecular weight excluding hydrogens is 164 g/mol. The van der Waals surface area contributed by atoms with E-state index in [1.165, 1.54) is 24.1 Å². The highest BCUT2D eigenvalue weighted by Crippen LogP contribution is 2.25. The van der Waals surface area contributed by atoms with Crippen LogP contribution in [0.1, 0.15) is 29.8 Å². The summed E-state index contributed by atoms with van der Waals surface area (Å²) in [7, 11) is 1.98. The highest BCUT2D eigenvalue weighted by molar-refractivity contribution is 5.22. The molecule has 0 unspecified atom stereocenters. The summed E-state index contributed by atoms with van der Waals surface area (Å²) in [6.07, 6.45) is 2.97. The molecule has 0 saturated heterocycles. The average Bonchev–Trinajstić information content (AvgIpc) is 2.89. The van der Waals surface area contributed by atoms with Gasteiger partial charge in [0.25, 0.3) is 0 Å². The van der Waals surface area contributed by atoms with E-state index in [0.717, 1.165) is 5.69 Å². The lowest BCUT2D eigenvalue weighted by molar-refractivity contribution is 0.103. The molecule has 1 aromatic heterocycles. The summed E-state index contributed by atoms with van der Waals surface area (Å²) < 4.78 is 7.53. The van der Waals surface area contributed by atoms with Crippen molar-refractivity contribution in [1.29, 1.82) is 0 Å². The first-order valence-electron chi connectivity index (χ1n) is 4.79. The first kappa shape index (κ1) is 8.75. The van der Waals surface area contributed by atoms with Crippen LogP contribution in [-0.4, -0.2) is 15.9 Å². The zero-order chi connectivity index (χ0) is 9.42. The van der Waals surface area contributed by atoms with Crippen LogP contribution < -0.4 is 0 Å². The molecule has 1 fully saturated rings. The van der Waals surface area contributed by atoms with Crippen LogP contribution in [0.5, 0.6) is 0 Å². The average molecular weight is 180 g/mol. The van der Waals surface area contributed by atoms with Crippen LogP contribution in [0, 0.1) is 13.8 Å². The van der Waals surface area contributed by atoms with Crippen LogP contribution in [0.2, 0.25) is 0 Å². The number of aryl methyl sites for hydroxylation is 1. The Balaban J connectivity index is 2.05. The van der Waals surface area contributed by atoms with Crippen LogP contribution in [0.3, 0.4) is 0 Å². The number of nitrogens with zero attached hydrogens (tertiary/aromatic N) is 2. The smallest absolute Gasteiger partial charge is 0.0913 e. The summed E-state index contributed by atoms with van der Waals surface area (Å²) in [5.41, 5.74) is 3.59. The van der Waals surface area contributed by atoms with Gasteiger partial charge in [0.05, 0.1) is 18.4 Å². The van der Waals surface area contributed by atoms with Crippen LogP contribution in [0.15, 0.2) is 0 Å². The third-order valence-electron chi connectivity index (χ3n) is 2.71. The SMILES string of the molecule is Cc1c(COC2CC2)nn(C)c1C. The number of rotatable bonds is 3. The summed E-state index contributed by atoms with van der Waals surface area (Å²) in [6.45, 7) is 4.87. The highest BCUT2D eigenvalue weighted by atomic mass is 16.5. The van der Waals surface area contributed by atoms with Gasteiger partial charge in [-0.3, -0.25) is 4.68 Å². The van der Waals surface area contributed by atoms with Gasteiger partial charge in [0.2, 0.25) is 0 Å². The molecule has 0 atom stereocenters. The van der Waals surface area contributed by atoms with Crippen molar-refractivity contribution in [3.05, 3.63) is 17.0 Å². The summed E-state index contributed by atoms with van der Waals surface area (Å²) in [4.78, 5) is 0. The molecule has 72 valence electrons. The Morgan fingerprint density at radius 2 is 2.15 bits per heavy atom. The number of hydrogen-bond donors (Lipinski definition) is 0. The van der Waals surface area contributed by atoms with Gasteiger partial charge in [-0.2, -0.15) is 5.10 Å². The first-order chi connectivity index (χ1) is 6.18. The summed E-state index contributed by atoms with van der Waals surface area (Å²) in [5, 5.41) is 4.40. The maximum Gasteiger partial charge on any atom is 0.0913 e. The molecule has 1 saturated carbocycles. The van der Waals surface area contributed by atoms with E-state index in [1.807, 2.05) is 11.7 Å². The van der Waals surface area contributed by atoms with Gasteiger partial charge in [-0.25, -0.2) is 0 Å². The van der Waals surface area contributed by atoms with Crippen molar-refractivity contribution >= 4 is 0 Å². The predicted octanol–water partition coefficient (Wildman–Crippen LogP) is 1.72. The standard InChI is InChI=1S/C10H16N2O/c1-7-8(2)12(3)11-10(7)6-13-9-4-5-9/h9H,4-6H2,1-3H3. The molecular formula is C10H16N2O. The van der Waals surface area contributed by atoms with Gasteiger partial charge < -0.3 is 4.74 Å². The lowest BCUT2D eigenvalue weighted by Crippen LogP contribution is -1.98. The van der Waals surface area contributed by atoms with Gasteiger partial charge in [0.1, 0.15) is 0 Å². The molecule has 0 spiro atoms. The number of ether oxygens (including phenoxy) is 1. The van der Waals surface area contributed by atoms with E-state index in [4.69, 9.17) is 4.74 Å². The number of aromatic nitrogens is 2. The Kier molecular flexibility index (Phi) is 2.12. The molecule has 3 nitrogen and oxygen atoms in total. The minimum Gasteiger partial charge on any atom is -0.372 e. The van der Waals surface area contributed by atoms with Crippen molar-refractivity contribution in [2.75, 3.05) is 0 Å². The molecule has 1 heterocycles. The fourth-order valence-electron chi connectivity index (χ4n) is 1.35. The van der Waals surface area contributed by atoms with E-state index in [1.54, 1.807) is 0 Å². The van der Waals surface area contributed by atoms with E-state index in [9.17, 15) is 0 Å². The molecule has 0 bridgehead atoms. The largest absolute Gasteiger partial charge is 0.372 e. The maximum atomic E-state index is 5.61. The molecule has 1 aliphatic rings. The Morgan fingerprint density at radius 3 is 2.62 bits per heavy atom. The molecule has 1 aromatic rings. The summed E-state index contributed by atoms with van der Waals surface area (Å²) >= 11 is 0. The normalized spacial score (nSPS) is 16.5. The highest BCUT2D eigenvalue weighted by Gasteiger charge is 2.22. The van der Waals surface area contributed by atoms with Gasteiger partial charge >= 0.3 is 0 Å². The quantitative estimate of drug-likeness (QED) is 0.708. The van der Waals surface area contributed by atoms with Crippen LogP contribution in [0.25, 0.3) is 0 Å². The van der Waals surface area contributed by atoms with Crippen molar-refractivity contribution < 1.29 is 4.74 Å².